The molecule has 3 N–H and O–H groups in total. The molecule has 2 atom stereocenters. The average Bonchev–Trinajstić information content (AvgIpc) is 4.12. The zero-order valence-electron chi connectivity index (χ0n) is 35.5. The molecular weight excluding hydrogens is 855 g/mol. The summed E-state index contributed by atoms with van der Waals surface area (Å²) in [5, 5.41) is 43.1. The van der Waals surface area contributed by atoms with Gasteiger partial charge in [-0.25, -0.2) is 13.6 Å². The number of amides is 1. The highest BCUT2D eigenvalue weighted by Gasteiger charge is 2.38. The summed E-state index contributed by atoms with van der Waals surface area (Å²) in [6.07, 6.45) is 1.99. The first-order chi connectivity index (χ1) is 31.2. The fraction of sp³-hybridized carbons (Fsp3) is 0.326. The van der Waals surface area contributed by atoms with Crippen molar-refractivity contribution in [3.05, 3.63) is 94.1 Å². The third-order valence-electron chi connectivity index (χ3n) is 11.2. The second-order valence-corrected chi connectivity index (χ2v) is 16.5. The number of carbonyl (C=O) groups is 3. The zero-order chi connectivity index (χ0) is 45.9. The molecule has 4 aliphatic rings. The first kappa shape index (κ1) is 42.4. The molecule has 1 amide bonds. The summed E-state index contributed by atoms with van der Waals surface area (Å²) in [6.45, 7) is 8.89. The molecule has 0 bridgehead atoms. The number of pyridine rings is 2. The lowest BCUT2D eigenvalue weighted by molar-refractivity contribution is 0.0574. The maximum atomic E-state index is 15.2. The van der Waals surface area contributed by atoms with E-state index in [9.17, 15) is 18.8 Å². The van der Waals surface area contributed by atoms with Crippen LogP contribution in [-0.2, 0) is 17.8 Å². The van der Waals surface area contributed by atoms with Crippen LogP contribution in [0.3, 0.4) is 0 Å². The molecule has 8 heterocycles. The van der Waals surface area contributed by atoms with E-state index in [1.165, 1.54) is 60.1 Å². The van der Waals surface area contributed by atoms with Crippen molar-refractivity contribution < 1.29 is 57.3 Å². The van der Waals surface area contributed by atoms with Crippen molar-refractivity contribution >= 4 is 52.0 Å². The summed E-state index contributed by atoms with van der Waals surface area (Å²) in [6, 6.07) is 8.83. The average molecular weight is 895 g/mol. The first-order valence-electron chi connectivity index (χ1n) is 20.3. The lowest BCUT2D eigenvalue weighted by atomic mass is 9.95. The van der Waals surface area contributed by atoms with Crippen molar-refractivity contribution in [2.24, 2.45) is 10.3 Å². The number of Topliss-reactive ketones (excluding diaryl/α,β-unsaturated/α-hetero) is 2. The molecule has 0 saturated carbocycles. The maximum Gasteiger partial charge on any atom is 0.416 e. The van der Waals surface area contributed by atoms with Gasteiger partial charge in [0.05, 0.1) is 55.9 Å². The van der Waals surface area contributed by atoms with Crippen LogP contribution in [0.25, 0.3) is 11.3 Å². The minimum absolute atomic E-state index is 0.0528. The summed E-state index contributed by atoms with van der Waals surface area (Å²) in [5.41, 5.74) is 1.71. The molecule has 22 heteroatoms. The van der Waals surface area contributed by atoms with Crippen molar-refractivity contribution in [2.45, 2.75) is 65.1 Å². The molecule has 0 spiro atoms. The molecule has 0 saturated heterocycles. The Morgan fingerprint density at radius 1 is 0.738 bits per heavy atom. The molecule has 0 fully saturated rings. The van der Waals surface area contributed by atoms with Gasteiger partial charge in [-0.05, 0) is 71.0 Å². The van der Waals surface area contributed by atoms with Crippen molar-refractivity contribution in [3.63, 3.8) is 0 Å². The van der Waals surface area contributed by atoms with E-state index in [0.717, 1.165) is 5.56 Å². The van der Waals surface area contributed by atoms with Gasteiger partial charge in [0, 0.05) is 28.8 Å². The van der Waals surface area contributed by atoms with Crippen molar-refractivity contribution in [1.82, 2.24) is 29.2 Å². The van der Waals surface area contributed by atoms with E-state index in [4.69, 9.17) is 34.1 Å². The van der Waals surface area contributed by atoms with Crippen molar-refractivity contribution in [3.8, 4) is 23.0 Å². The summed E-state index contributed by atoms with van der Waals surface area (Å²) in [4.78, 5) is 40.3. The predicted octanol–water partition coefficient (Wildman–Crippen LogP) is 6.09. The molecule has 2 aromatic carbocycles. The largest absolute Gasteiger partial charge is 0.493 e. The molecule has 4 aromatic heterocycles. The Hall–Kier alpha value is -7.91. The predicted molar refractivity (Wildman–Crippen MR) is 224 cm³/mol. The lowest BCUT2D eigenvalue weighted by Gasteiger charge is -2.29. The molecule has 0 radical (unpaired) electrons. The molecule has 20 nitrogen and oxygen atoms in total. The molecule has 10 rings (SSSR count). The van der Waals surface area contributed by atoms with Crippen LogP contribution in [0.4, 0.5) is 25.2 Å². The molecule has 0 unspecified atom stereocenters. The maximum absolute atomic E-state index is 15.2. The van der Waals surface area contributed by atoms with Crippen LogP contribution >= 0.6 is 0 Å². The quantitative estimate of drug-likeness (QED) is 0.0785. The fourth-order valence-electron chi connectivity index (χ4n) is 8.17. The topological polar surface area (TPSA) is 238 Å². The molecule has 336 valence electrons. The normalized spacial score (nSPS) is 17.6. The fourth-order valence-corrected chi connectivity index (χ4v) is 8.17. The number of ether oxygens (including phenoxy) is 5. The Morgan fingerprint density at radius 2 is 1.23 bits per heavy atom. The van der Waals surface area contributed by atoms with Gasteiger partial charge in [0.15, 0.2) is 34.4 Å². The summed E-state index contributed by atoms with van der Waals surface area (Å²) >= 11 is 0. The number of halogens is 2. The van der Waals surface area contributed by atoms with E-state index in [-0.39, 0.29) is 102 Å². The zero-order valence-corrected chi connectivity index (χ0v) is 35.5. The summed E-state index contributed by atoms with van der Waals surface area (Å²) in [7, 11) is 0. The Balaban J connectivity index is 0.000000168. The van der Waals surface area contributed by atoms with E-state index < -0.39 is 29.1 Å². The van der Waals surface area contributed by atoms with Gasteiger partial charge in [0.1, 0.15) is 52.8 Å². The van der Waals surface area contributed by atoms with Crippen molar-refractivity contribution in [1.29, 1.82) is 0 Å². The van der Waals surface area contributed by atoms with Crippen LogP contribution < -0.4 is 29.2 Å². The van der Waals surface area contributed by atoms with E-state index in [0.29, 0.717) is 40.8 Å². The minimum atomic E-state index is -0.851. The Bertz CT molecular complexity index is 3020. The number of oxime groups is 2. The Labute approximate surface area is 367 Å². The number of aromatic nitrogens is 6. The molecule has 4 aliphatic heterocycles. The number of ketones is 2. The van der Waals surface area contributed by atoms with E-state index >= 15 is 4.39 Å². The second-order valence-electron chi connectivity index (χ2n) is 16.5. The number of hydrogen-bond donors (Lipinski definition) is 3. The highest BCUT2D eigenvalue weighted by molar-refractivity contribution is 6.46. The second kappa shape index (κ2) is 16.3. The number of carbonyl (C=O) groups excluding carboxylic acids is 3. The number of benzene rings is 2. The van der Waals surface area contributed by atoms with Gasteiger partial charge in [-0.15, -0.1) is 20.4 Å². The van der Waals surface area contributed by atoms with Crippen LogP contribution in [0.15, 0.2) is 59.4 Å². The number of fused-ring (bicyclic) bond motifs is 6. The monoisotopic (exact) mass is 894 g/mol. The molecule has 65 heavy (non-hydrogen) atoms. The van der Waals surface area contributed by atoms with E-state index in [1.807, 2.05) is 0 Å². The van der Waals surface area contributed by atoms with Crippen LogP contribution in [0.1, 0.15) is 89.4 Å². The number of nitrogens with zero attached hydrogens (tertiary/aromatic N) is 9. The first-order valence-corrected chi connectivity index (χ1v) is 20.3. The number of anilines is 2. The highest BCUT2D eigenvalue weighted by atomic mass is 19.1. The third kappa shape index (κ3) is 7.48. The van der Waals surface area contributed by atoms with Gasteiger partial charge in [0.2, 0.25) is 11.6 Å². The third-order valence-corrected chi connectivity index (χ3v) is 11.2. The number of rotatable bonds is 4. The van der Waals surface area contributed by atoms with Crippen molar-refractivity contribution in [2.75, 3.05) is 36.6 Å². The molecule has 0 aliphatic carbocycles. The van der Waals surface area contributed by atoms with Gasteiger partial charge < -0.3 is 39.4 Å². The molecular formula is C43H40F2N10O10. The summed E-state index contributed by atoms with van der Waals surface area (Å²) < 4.78 is 62.0. The number of hydrogen-bond acceptors (Lipinski definition) is 17. The van der Waals surface area contributed by atoms with E-state index in [1.54, 1.807) is 37.3 Å². The van der Waals surface area contributed by atoms with Crippen LogP contribution in [0.2, 0.25) is 0 Å². The van der Waals surface area contributed by atoms with E-state index in [2.05, 4.69) is 36.0 Å². The SMILES string of the molecule is C/C(=N/O)C(=O)c1cc2c(n3cnnc13)N(C(=O)OC(C)(C)C)Cc1c(F)ccc3c1[C@H](CO3)CO2.C/C(=N/O)C(=O)c1cc2c(n3cnnc13)NCc1c(F)ccc3c1[C@H](CO3)CO2. The van der Waals surface area contributed by atoms with Gasteiger partial charge in [-0.3, -0.25) is 23.3 Å². The summed E-state index contributed by atoms with van der Waals surface area (Å²) in [5.74, 6) is -0.0115. The number of nitrogens with one attached hydrogen (secondary N) is 1. The van der Waals surface area contributed by atoms with Gasteiger partial charge in [0.25, 0.3) is 0 Å². The smallest absolute Gasteiger partial charge is 0.416 e. The van der Waals surface area contributed by atoms with Crippen LogP contribution in [0.5, 0.6) is 23.0 Å². The van der Waals surface area contributed by atoms with Crippen LogP contribution in [0, 0.1) is 11.6 Å². The Morgan fingerprint density at radius 3 is 1.80 bits per heavy atom. The highest BCUT2D eigenvalue weighted by Crippen LogP contribution is 2.44. The van der Waals surface area contributed by atoms with Gasteiger partial charge >= 0.3 is 6.09 Å². The Kier molecular flexibility index (Phi) is 10.7. The van der Waals surface area contributed by atoms with Crippen LogP contribution in [-0.4, -0.2) is 101 Å². The lowest BCUT2D eigenvalue weighted by Crippen LogP contribution is -2.38. The minimum Gasteiger partial charge on any atom is -0.493 e. The molecule has 6 aromatic rings. The van der Waals surface area contributed by atoms with Gasteiger partial charge in [-0.1, -0.05) is 10.3 Å². The van der Waals surface area contributed by atoms with Gasteiger partial charge in [-0.2, -0.15) is 0 Å². The standard InChI is InChI=1S/C24H24FN5O6.C19H16FN5O4/c1-12(28-33)20(31)14-7-18-22(30-11-26-27-21(14)30)29(23(32)36-24(2,3)4)8-15-16(25)5-6-17-19(15)13(9-34-17)10-35-18;1-9(24-27)17(26)11-4-15-19(25-8-22-23-18(11)25)21-5-12-13(20)2-3-14-16(12)10(6-28-14)7-29-15/h5-7,11,13,33H,8-10H2,1-4H3;2-4,8,10,21,27H,5-7H2,1H3/b28-12-;24-9-/t13-;10-/m11/s1.